The number of carbonyl (C=O) groups excluding carboxylic acids is 1. The summed E-state index contributed by atoms with van der Waals surface area (Å²) in [5.74, 6) is -0.0482. The van der Waals surface area contributed by atoms with E-state index in [-0.39, 0.29) is 22.0 Å². The van der Waals surface area contributed by atoms with Gasteiger partial charge in [0.05, 0.1) is 14.2 Å². The summed E-state index contributed by atoms with van der Waals surface area (Å²) in [6.45, 7) is 0. The molecule has 0 heterocycles. The maximum absolute atomic E-state index is 11.3. The molecule has 0 aromatic heterocycles. The lowest BCUT2D eigenvalue weighted by atomic mass is 10.2. The highest BCUT2D eigenvalue weighted by Gasteiger charge is 2.22. The average molecular weight is 245 g/mol. The van der Waals surface area contributed by atoms with Crippen LogP contribution in [0.3, 0.4) is 0 Å². The van der Waals surface area contributed by atoms with E-state index in [2.05, 4.69) is 0 Å². The molecule has 0 aliphatic rings. The van der Waals surface area contributed by atoms with Crippen molar-refractivity contribution in [1.82, 2.24) is 0 Å². The molecule has 1 aromatic carbocycles. The Bertz CT molecular complexity index is 484. The van der Waals surface area contributed by atoms with E-state index < -0.39 is 10.0 Å². The second-order valence-electron chi connectivity index (χ2n) is 2.92. The Balaban J connectivity index is 3.63. The Hall–Kier alpha value is -1.60. The molecule has 2 N–H and O–H groups in total. The molecule has 16 heavy (non-hydrogen) atoms. The first-order chi connectivity index (χ1) is 7.43. The number of nitrogens with two attached hydrogens (primary N) is 1. The van der Waals surface area contributed by atoms with Crippen molar-refractivity contribution < 1.29 is 22.7 Å². The monoisotopic (exact) mass is 245 g/mol. The number of methoxy groups -OCH3 is 2. The van der Waals surface area contributed by atoms with Crippen molar-refractivity contribution in [2.24, 2.45) is 5.14 Å². The van der Waals surface area contributed by atoms with Gasteiger partial charge in [-0.05, 0) is 12.1 Å². The molecule has 0 aliphatic heterocycles. The number of hydrogen-bond acceptors (Lipinski definition) is 5. The number of aldehydes is 1. The van der Waals surface area contributed by atoms with Crippen molar-refractivity contribution in [1.29, 1.82) is 0 Å². The lowest BCUT2D eigenvalue weighted by Gasteiger charge is -2.11. The number of primary sulfonamides is 1. The Morgan fingerprint density at radius 2 is 1.62 bits per heavy atom. The van der Waals surface area contributed by atoms with Gasteiger partial charge in [-0.15, -0.1) is 0 Å². The maximum Gasteiger partial charge on any atom is 0.245 e. The van der Waals surface area contributed by atoms with E-state index in [9.17, 15) is 13.2 Å². The average Bonchev–Trinajstić information content (AvgIpc) is 2.25. The minimum absolute atomic E-state index is 0.0241. The normalized spacial score (nSPS) is 10.9. The summed E-state index contributed by atoms with van der Waals surface area (Å²) in [5, 5.41) is 5.02. The topological polar surface area (TPSA) is 95.7 Å². The smallest absolute Gasteiger partial charge is 0.245 e. The van der Waals surface area contributed by atoms with Crippen molar-refractivity contribution in [2.45, 2.75) is 4.90 Å². The number of ether oxygens (including phenoxy) is 2. The number of carbonyl (C=O) groups is 1. The van der Waals surface area contributed by atoms with E-state index in [1.165, 1.54) is 26.4 Å². The lowest BCUT2D eigenvalue weighted by Crippen LogP contribution is -2.15. The minimum Gasteiger partial charge on any atom is -0.495 e. The lowest BCUT2D eigenvalue weighted by molar-refractivity contribution is 0.112. The first-order valence-corrected chi connectivity index (χ1v) is 5.72. The number of sulfonamides is 1. The van der Waals surface area contributed by atoms with E-state index in [0.717, 1.165) is 0 Å². The van der Waals surface area contributed by atoms with Crippen LogP contribution in [0.2, 0.25) is 0 Å². The molecule has 88 valence electrons. The van der Waals surface area contributed by atoms with Gasteiger partial charge < -0.3 is 9.47 Å². The largest absolute Gasteiger partial charge is 0.495 e. The number of rotatable bonds is 4. The number of benzene rings is 1. The summed E-state index contributed by atoms with van der Waals surface area (Å²) in [6, 6.07) is 2.55. The van der Waals surface area contributed by atoms with E-state index in [4.69, 9.17) is 14.6 Å². The van der Waals surface area contributed by atoms with Gasteiger partial charge in [0, 0.05) is 5.56 Å². The predicted octanol–water partition coefficient (Wildman–Crippen LogP) is 0.164. The van der Waals surface area contributed by atoms with Crippen molar-refractivity contribution in [3.05, 3.63) is 17.7 Å². The molecule has 0 unspecified atom stereocenters. The van der Waals surface area contributed by atoms with Crippen LogP contribution in [-0.4, -0.2) is 28.9 Å². The molecule has 0 spiro atoms. The number of hydrogen-bond donors (Lipinski definition) is 1. The zero-order chi connectivity index (χ0) is 12.3. The van der Waals surface area contributed by atoms with E-state index in [1.807, 2.05) is 0 Å². The molecule has 0 saturated heterocycles. The summed E-state index contributed by atoms with van der Waals surface area (Å²) in [6.07, 6.45) is 0.554. The molecule has 0 aliphatic carbocycles. The molecule has 0 fully saturated rings. The third kappa shape index (κ3) is 2.31. The van der Waals surface area contributed by atoms with Crippen LogP contribution in [0, 0.1) is 0 Å². The summed E-state index contributed by atoms with van der Waals surface area (Å²) >= 11 is 0. The van der Waals surface area contributed by atoms with E-state index in [0.29, 0.717) is 6.29 Å². The SMILES string of the molecule is COc1cc(C=O)cc(OC)c1S(N)(=O)=O. The Kier molecular flexibility index (Phi) is 3.51. The van der Waals surface area contributed by atoms with Crippen LogP contribution in [0.1, 0.15) is 10.4 Å². The molecule has 1 aromatic rings. The van der Waals surface area contributed by atoms with Crippen LogP contribution >= 0.6 is 0 Å². The van der Waals surface area contributed by atoms with Crippen molar-refractivity contribution in [2.75, 3.05) is 14.2 Å². The molecular weight excluding hydrogens is 234 g/mol. The van der Waals surface area contributed by atoms with Gasteiger partial charge in [-0.3, -0.25) is 4.79 Å². The zero-order valence-electron chi connectivity index (χ0n) is 8.76. The highest BCUT2D eigenvalue weighted by Crippen LogP contribution is 2.33. The van der Waals surface area contributed by atoms with Gasteiger partial charge in [0.1, 0.15) is 17.8 Å². The van der Waals surface area contributed by atoms with Gasteiger partial charge in [-0.1, -0.05) is 0 Å². The van der Waals surface area contributed by atoms with Crippen molar-refractivity contribution >= 4 is 16.3 Å². The molecule has 6 nitrogen and oxygen atoms in total. The molecular formula is C9H11NO5S. The summed E-state index contributed by atoms with van der Waals surface area (Å²) in [5.41, 5.74) is 0.237. The van der Waals surface area contributed by atoms with Crippen LogP contribution < -0.4 is 14.6 Å². The van der Waals surface area contributed by atoms with Crippen LogP contribution in [0.5, 0.6) is 11.5 Å². The first-order valence-electron chi connectivity index (χ1n) is 4.18. The Morgan fingerprint density at radius 3 is 1.88 bits per heavy atom. The van der Waals surface area contributed by atoms with Crippen LogP contribution in [0.15, 0.2) is 17.0 Å². The van der Waals surface area contributed by atoms with Gasteiger partial charge in [-0.25, -0.2) is 13.6 Å². The van der Waals surface area contributed by atoms with Gasteiger partial charge in [-0.2, -0.15) is 0 Å². The second kappa shape index (κ2) is 4.50. The Labute approximate surface area is 93.0 Å². The highest BCUT2D eigenvalue weighted by molar-refractivity contribution is 7.89. The molecule has 0 bridgehead atoms. The van der Waals surface area contributed by atoms with Crippen LogP contribution in [0.4, 0.5) is 0 Å². The fourth-order valence-corrected chi connectivity index (χ4v) is 2.09. The quantitative estimate of drug-likeness (QED) is 0.762. The molecule has 0 atom stereocenters. The molecule has 0 saturated carbocycles. The van der Waals surface area contributed by atoms with Crippen molar-refractivity contribution in [3.63, 3.8) is 0 Å². The molecule has 1 rings (SSSR count). The van der Waals surface area contributed by atoms with Gasteiger partial charge in [0.25, 0.3) is 0 Å². The molecule has 0 amide bonds. The summed E-state index contributed by atoms with van der Waals surface area (Å²) < 4.78 is 32.4. The maximum atomic E-state index is 11.3. The standard InChI is InChI=1S/C9H11NO5S/c1-14-7-3-6(5-11)4-8(15-2)9(7)16(10,12)13/h3-5H,1-2H3,(H2,10,12,13). The zero-order valence-corrected chi connectivity index (χ0v) is 9.58. The van der Waals surface area contributed by atoms with Crippen LogP contribution in [0.25, 0.3) is 0 Å². The first kappa shape index (κ1) is 12.5. The van der Waals surface area contributed by atoms with E-state index in [1.54, 1.807) is 0 Å². The molecule has 0 radical (unpaired) electrons. The highest BCUT2D eigenvalue weighted by atomic mass is 32.2. The summed E-state index contributed by atoms with van der Waals surface area (Å²) in [7, 11) is -1.43. The van der Waals surface area contributed by atoms with Gasteiger partial charge in [0.15, 0.2) is 4.90 Å². The molecule has 7 heteroatoms. The fourth-order valence-electron chi connectivity index (χ4n) is 1.25. The predicted molar refractivity (Wildman–Crippen MR) is 56.3 cm³/mol. The van der Waals surface area contributed by atoms with E-state index >= 15 is 0 Å². The Morgan fingerprint density at radius 1 is 1.19 bits per heavy atom. The van der Waals surface area contributed by atoms with Gasteiger partial charge >= 0.3 is 0 Å². The second-order valence-corrected chi connectivity index (χ2v) is 4.42. The van der Waals surface area contributed by atoms with Crippen LogP contribution in [-0.2, 0) is 10.0 Å². The minimum atomic E-state index is -3.98. The summed E-state index contributed by atoms with van der Waals surface area (Å²) in [4.78, 5) is 10.3. The van der Waals surface area contributed by atoms with Gasteiger partial charge in [0.2, 0.25) is 10.0 Å². The van der Waals surface area contributed by atoms with Crippen molar-refractivity contribution in [3.8, 4) is 11.5 Å². The third-order valence-corrected chi connectivity index (χ3v) is 2.87. The fraction of sp³-hybridized carbons (Fsp3) is 0.222. The third-order valence-electron chi connectivity index (χ3n) is 1.90.